The van der Waals surface area contributed by atoms with Crippen LogP contribution in [0.3, 0.4) is 0 Å². The van der Waals surface area contributed by atoms with E-state index in [2.05, 4.69) is 27.5 Å². The van der Waals surface area contributed by atoms with Gasteiger partial charge in [-0.05, 0) is 13.3 Å². The van der Waals surface area contributed by atoms with E-state index < -0.39 is 5.60 Å². The molecule has 6 nitrogen and oxygen atoms in total. The molecule has 1 aliphatic heterocycles. The molecule has 1 saturated heterocycles. The van der Waals surface area contributed by atoms with Crippen molar-refractivity contribution in [3.05, 3.63) is 11.9 Å². The zero-order valence-corrected chi connectivity index (χ0v) is 12.3. The first-order chi connectivity index (χ1) is 9.61. The van der Waals surface area contributed by atoms with Gasteiger partial charge in [-0.25, -0.2) is 9.97 Å². The maximum absolute atomic E-state index is 10.4. The highest BCUT2D eigenvalue weighted by Gasteiger charge is 2.29. The average molecular weight is 280 g/mol. The number of rotatable bonds is 6. The van der Waals surface area contributed by atoms with Gasteiger partial charge >= 0.3 is 0 Å². The fourth-order valence-corrected chi connectivity index (χ4v) is 2.19. The Kier molecular flexibility index (Phi) is 5.14. The monoisotopic (exact) mass is 280 g/mol. The predicted octanol–water partition coefficient (Wildman–Crippen LogP) is 1.56. The topological polar surface area (TPSA) is 79.3 Å². The molecule has 20 heavy (non-hydrogen) atoms. The first-order valence-electron chi connectivity index (χ1n) is 7.25. The zero-order valence-electron chi connectivity index (χ0n) is 12.3. The number of ether oxygens (including phenoxy) is 1. The van der Waals surface area contributed by atoms with E-state index in [0.29, 0.717) is 38.4 Å². The number of anilines is 2. The van der Waals surface area contributed by atoms with Crippen LogP contribution in [0.4, 0.5) is 11.6 Å². The van der Waals surface area contributed by atoms with Crippen molar-refractivity contribution in [3.8, 4) is 0 Å². The number of nitrogens with zero attached hydrogens (tertiary/aromatic N) is 2. The molecule has 0 saturated carbocycles. The van der Waals surface area contributed by atoms with Crippen LogP contribution in [-0.2, 0) is 4.74 Å². The molecule has 0 spiro atoms. The standard InChI is InChI=1S/C14H24N4O2/c1-3-6-15-12-9-13(18-11(2)17-12)16-10-14(19)4-7-20-8-5-14/h9,19H,3-8,10H2,1-2H3,(H2,15,16,17,18). The minimum atomic E-state index is -0.700. The lowest BCUT2D eigenvalue weighted by atomic mass is 9.94. The summed E-state index contributed by atoms with van der Waals surface area (Å²) < 4.78 is 5.28. The SMILES string of the molecule is CCCNc1cc(NCC2(O)CCOCC2)nc(C)n1. The van der Waals surface area contributed by atoms with Crippen molar-refractivity contribution in [3.63, 3.8) is 0 Å². The summed E-state index contributed by atoms with van der Waals surface area (Å²) in [5.74, 6) is 2.28. The van der Waals surface area contributed by atoms with Gasteiger partial charge < -0.3 is 20.5 Å². The molecule has 0 aliphatic carbocycles. The zero-order chi connectivity index (χ0) is 14.4. The highest BCUT2D eigenvalue weighted by Crippen LogP contribution is 2.21. The maximum Gasteiger partial charge on any atom is 0.131 e. The lowest BCUT2D eigenvalue weighted by Crippen LogP contribution is -2.42. The van der Waals surface area contributed by atoms with Gasteiger partial charge in [0.1, 0.15) is 17.5 Å². The van der Waals surface area contributed by atoms with Gasteiger partial charge in [-0.3, -0.25) is 0 Å². The molecule has 0 amide bonds. The third-order valence-corrected chi connectivity index (χ3v) is 3.42. The summed E-state index contributed by atoms with van der Waals surface area (Å²) >= 11 is 0. The summed E-state index contributed by atoms with van der Waals surface area (Å²) in [4.78, 5) is 8.69. The smallest absolute Gasteiger partial charge is 0.131 e. The second kappa shape index (κ2) is 6.85. The molecule has 112 valence electrons. The van der Waals surface area contributed by atoms with Crippen molar-refractivity contribution in [1.29, 1.82) is 0 Å². The lowest BCUT2D eigenvalue weighted by Gasteiger charge is -2.32. The van der Waals surface area contributed by atoms with Gasteiger partial charge in [0, 0.05) is 45.2 Å². The average Bonchev–Trinajstić information content (AvgIpc) is 2.43. The van der Waals surface area contributed by atoms with Crippen LogP contribution in [-0.4, -0.2) is 47.0 Å². The van der Waals surface area contributed by atoms with Crippen LogP contribution in [0, 0.1) is 6.92 Å². The molecule has 1 aromatic heterocycles. The Balaban J connectivity index is 1.96. The summed E-state index contributed by atoms with van der Waals surface area (Å²) in [6.45, 7) is 6.58. The first-order valence-corrected chi connectivity index (χ1v) is 7.25. The molecule has 0 radical (unpaired) electrons. The Morgan fingerprint density at radius 1 is 1.25 bits per heavy atom. The molecule has 6 heteroatoms. The van der Waals surface area contributed by atoms with Gasteiger partial charge in [-0.15, -0.1) is 0 Å². The van der Waals surface area contributed by atoms with Gasteiger partial charge in [0.25, 0.3) is 0 Å². The van der Waals surface area contributed by atoms with Crippen LogP contribution >= 0.6 is 0 Å². The number of hydrogen-bond acceptors (Lipinski definition) is 6. The molecule has 1 aromatic rings. The van der Waals surface area contributed by atoms with Crippen LogP contribution in [0.1, 0.15) is 32.0 Å². The molecule has 0 bridgehead atoms. The predicted molar refractivity (Wildman–Crippen MR) is 79.0 cm³/mol. The summed E-state index contributed by atoms with van der Waals surface area (Å²) in [5, 5.41) is 16.9. The first kappa shape index (κ1) is 15.0. The highest BCUT2D eigenvalue weighted by atomic mass is 16.5. The molecule has 2 heterocycles. The van der Waals surface area contributed by atoms with Crippen molar-refractivity contribution in [1.82, 2.24) is 9.97 Å². The third kappa shape index (κ3) is 4.31. The van der Waals surface area contributed by atoms with Gasteiger partial charge in [-0.1, -0.05) is 6.92 Å². The van der Waals surface area contributed by atoms with E-state index in [9.17, 15) is 5.11 Å². The molecular weight excluding hydrogens is 256 g/mol. The van der Waals surface area contributed by atoms with Crippen LogP contribution in [0.15, 0.2) is 6.07 Å². The quantitative estimate of drug-likeness (QED) is 0.734. The number of aliphatic hydroxyl groups is 1. The number of aryl methyl sites for hydroxylation is 1. The molecule has 0 aromatic carbocycles. The van der Waals surface area contributed by atoms with E-state index >= 15 is 0 Å². The Morgan fingerprint density at radius 3 is 2.55 bits per heavy atom. The van der Waals surface area contributed by atoms with Crippen LogP contribution in [0.25, 0.3) is 0 Å². The van der Waals surface area contributed by atoms with E-state index in [0.717, 1.165) is 24.6 Å². The van der Waals surface area contributed by atoms with Gasteiger partial charge in [0.2, 0.25) is 0 Å². The van der Waals surface area contributed by atoms with Crippen molar-refractivity contribution in [2.45, 2.75) is 38.7 Å². The van der Waals surface area contributed by atoms with E-state index in [4.69, 9.17) is 4.74 Å². The van der Waals surface area contributed by atoms with E-state index in [1.807, 2.05) is 13.0 Å². The molecule has 0 unspecified atom stereocenters. The minimum Gasteiger partial charge on any atom is -0.388 e. The molecule has 2 rings (SSSR count). The Bertz CT molecular complexity index is 433. The van der Waals surface area contributed by atoms with E-state index in [-0.39, 0.29) is 0 Å². The van der Waals surface area contributed by atoms with Crippen molar-refractivity contribution in [2.24, 2.45) is 0 Å². The summed E-state index contributed by atoms with van der Waals surface area (Å²) in [6, 6.07) is 1.88. The van der Waals surface area contributed by atoms with E-state index in [1.54, 1.807) is 0 Å². The van der Waals surface area contributed by atoms with Gasteiger partial charge in [0.15, 0.2) is 0 Å². The number of aromatic nitrogens is 2. The van der Waals surface area contributed by atoms with Crippen molar-refractivity contribution < 1.29 is 9.84 Å². The fourth-order valence-electron chi connectivity index (χ4n) is 2.19. The highest BCUT2D eigenvalue weighted by molar-refractivity contribution is 5.47. The summed E-state index contributed by atoms with van der Waals surface area (Å²) in [5.41, 5.74) is -0.700. The van der Waals surface area contributed by atoms with Gasteiger partial charge in [0.05, 0.1) is 5.60 Å². The maximum atomic E-state index is 10.4. The lowest BCUT2D eigenvalue weighted by molar-refractivity contribution is -0.0543. The largest absolute Gasteiger partial charge is 0.388 e. The minimum absolute atomic E-state index is 0.486. The summed E-state index contributed by atoms with van der Waals surface area (Å²) in [6.07, 6.45) is 2.36. The third-order valence-electron chi connectivity index (χ3n) is 3.42. The van der Waals surface area contributed by atoms with Gasteiger partial charge in [-0.2, -0.15) is 0 Å². The Morgan fingerprint density at radius 2 is 1.90 bits per heavy atom. The molecule has 1 aliphatic rings. The summed E-state index contributed by atoms with van der Waals surface area (Å²) in [7, 11) is 0. The van der Waals surface area contributed by atoms with Crippen molar-refractivity contribution >= 4 is 11.6 Å². The fraction of sp³-hybridized carbons (Fsp3) is 0.714. The molecule has 3 N–H and O–H groups in total. The number of hydrogen-bond donors (Lipinski definition) is 3. The molecule has 1 fully saturated rings. The Labute approximate surface area is 120 Å². The van der Waals surface area contributed by atoms with Crippen LogP contribution in [0.5, 0.6) is 0 Å². The second-order valence-corrected chi connectivity index (χ2v) is 5.30. The normalized spacial score (nSPS) is 17.8. The van der Waals surface area contributed by atoms with Crippen LogP contribution in [0.2, 0.25) is 0 Å². The molecular formula is C14H24N4O2. The van der Waals surface area contributed by atoms with Crippen molar-refractivity contribution in [2.75, 3.05) is 36.9 Å². The number of nitrogens with one attached hydrogen (secondary N) is 2. The molecule has 0 atom stereocenters. The van der Waals surface area contributed by atoms with E-state index in [1.165, 1.54) is 0 Å². The van der Waals surface area contributed by atoms with Crippen LogP contribution < -0.4 is 10.6 Å². The second-order valence-electron chi connectivity index (χ2n) is 5.30. The Hall–Kier alpha value is -1.40.